The van der Waals surface area contributed by atoms with Crippen LogP contribution in [-0.2, 0) is 4.74 Å². The summed E-state index contributed by atoms with van der Waals surface area (Å²) in [6.07, 6.45) is 1.30. The standard InChI is InChI=1S/C13H13F2N3O2/c1-3-20-13(19)11-7-18(17-16-11)8(2)12-9(14)5-4-6-10(12)15/h4-8H,3H2,1-2H3. The second-order valence-corrected chi connectivity index (χ2v) is 4.12. The molecule has 1 aromatic carbocycles. The lowest BCUT2D eigenvalue weighted by molar-refractivity contribution is 0.0519. The van der Waals surface area contributed by atoms with Crippen LogP contribution < -0.4 is 0 Å². The SMILES string of the molecule is CCOC(=O)c1cn(C(C)c2c(F)cccc2F)nn1. The fourth-order valence-corrected chi connectivity index (χ4v) is 1.81. The minimum Gasteiger partial charge on any atom is -0.461 e. The molecule has 1 unspecified atom stereocenters. The third-order valence-electron chi connectivity index (χ3n) is 2.81. The molecule has 0 spiro atoms. The summed E-state index contributed by atoms with van der Waals surface area (Å²) in [5.41, 5.74) is -0.136. The Kier molecular flexibility index (Phi) is 4.07. The fraction of sp³-hybridized carbons (Fsp3) is 0.308. The van der Waals surface area contributed by atoms with E-state index in [0.29, 0.717) is 0 Å². The van der Waals surface area contributed by atoms with E-state index in [1.165, 1.54) is 16.9 Å². The molecule has 0 radical (unpaired) electrons. The van der Waals surface area contributed by atoms with Crippen molar-refractivity contribution < 1.29 is 18.3 Å². The van der Waals surface area contributed by atoms with E-state index in [9.17, 15) is 13.6 Å². The van der Waals surface area contributed by atoms with E-state index >= 15 is 0 Å². The third-order valence-corrected chi connectivity index (χ3v) is 2.81. The average Bonchev–Trinajstić information content (AvgIpc) is 2.88. The molecule has 1 heterocycles. The molecule has 2 aromatic rings. The van der Waals surface area contributed by atoms with Crippen molar-refractivity contribution in [3.05, 3.63) is 47.3 Å². The van der Waals surface area contributed by atoms with Crippen molar-refractivity contribution in [1.29, 1.82) is 0 Å². The molecule has 1 atom stereocenters. The molecule has 7 heteroatoms. The van der Waals surface area contributed by atoms with Crippen molar-refractivity contribution in [3.8, 4) is 0 Å². The van der Waals surface area contributed by atoms with Crippen molar-refractivity contribution in [2.45, 2.75) is 19.9 Å². The molecule has 2 rings (SSSR count). The van der Waals surface area contributed by atoms with Crippen LogP contribution in [-0.4, -0.2) is 27.6 Å². The van der Waals surface area contributed by atoms with Crippen LogP contribution in [0.4, 0.5) is 8.78 Å². The van der Waals surface area contributed by atoms with Crippen LogP contribution >= 0.6 is 0 Å². The van der Waals surface area contributed by atoms with Gasteiger partial charge in [-0.05, 0) is 26.0 Å². The Balaban J connectivity index is 2.30. The largest absolute Gasteiger partial charge is 0.461 e. The number of nitrogens with zero attached hydrogens (tertiary/aromatic N) is 3. The first-order valence-electron chi connectivity index (χ1n) is 6.07. The molecule has 0 saturated carbocycles. The fourth-order valence-electron chi connectivity index (χ4n) is 1.81. The number of halogens is 2. The summed E-state index contributed by atoms with van der Waals surface area (Å²) in [5.74, 6) is -1.98. The first-order valence-corrected chi connectivity index (χ1v) is 6.07. The highest BCUT2D eigenvalue weighted by Gasteiger charge is 2.20. The zero-order chi connectivity index (χ0) is 14.7. The number of carbonyl (C=O) groups excluding carboxylic acids is 1. The molecular formula is C13H13F2N3O2. The number of rotatable bonds is 4. The van der Waals surface area contributed by atoms with Gasteiger partial charge in [-0.1, -0.05) is 11.3 Å². The smallest absolute Gasteiger partial charge is 0.360 e. The summed E-state index contributed by atoms with van der Waals surface area (Å²) in [5, 5.41) is 7.34. The zero-order valence-electron chi connectivity index (χ0n) is 11.0. The number of hydrogen-bond donors (Lipinski definition) is 0. The van der Waals surface area contributed by atoms with Gasteiger partial charge in [0.15, 0.2) is 5.69 Å². The summed E-state index contributed by atoms with van der Waals surface area (Å²) < 4.78 is 33.3. The monoisotopic (exact) mass is 281 g/mol. The number of ether oxygens (including phenoxy) is 1. The normalized spacial score (nSPS) is 12.2. The van der Waals surface area contributed by atoms with E-state index in [1.807, 2.05) is 0 Å². The first-order chi connectivity index (χ1) is 9.54. The van der Waals surface area contributed by atoms with Crippen molar-refractivity contribution in [2.75, 3.05) is 6.61 Å². The maximum Gasteiger partial charge on any atom is 0.360 e. The molecule has 0 aliphatic carbocycles. The molecule has 0 saturated heterocycles. The highest BCUT2D eigenvalue weighted by Crippen LogP contribution is 2.23. The molecule has 0 aliphatic rings. The Hall–Kier alpha value is -2.31. The molecule has 1 aromatic heterocycles. The van der Waals surface area contributed by atoms with Gasteiger partial charge >= 0.3 is 5.97 Å². The van der Waals surface area contributed by atoms with E-state index in [1.54, 1.807) is 13.8 Å². The number of aromatic nitrogens is 3. The third kappa shape index (κ3) is 2.66. The van der Waals surface area contributed by atoms with Gasteiger partial charge in [0.1, 0.15) is 11.6 Å². The predicted molar refractivity (Wildman–Crippen MR) is 66.1 cm³/mol. The van der Waals surface area contributed by atoms with Crippen LogP contribution in [0.15, 0.2) is 24.4 Å². The lowest BCUT2D eigenvalue weighted by Gasteiger charge is -2.13. The van der Waals surface area contributed by atoms with Crippen LogP contribution in [0.2, 0.25) is 0 Å². The molecular weight excluding hydrogens is 268 g/mol. The highest BCUT2D eigenvalue weighted by atomic mass is 19.1. The van der Waals surface area contributed by atoms with E-state index in [-0.39, 0.29) is 17.9 Å². The van der Waals surface area contributed by atoms with Crippen LogP contribution in [0, 0.1) is 11.6 Å². The highest BCUT2D eigenvalue weighted by molar-refractivity contribution is 5.86. The van der Waals surface area contributed by atoms with Gasteiger partial charge in [-0.15, -0.1) is 5.10 Å². The van der Waals surface area contributed by atoms with Gasteiger partial charge in [0, 0.05) is 5.56 Å². The molecule has 0 aliphatic heterocycles. The van der Waals surface area contributed by atoms with E-state index in [0.717, 1.165) is 12.1 Å². The Morgan fingerprint density at radius 3 is 2.65 bits per heavy atom. The van der Waals surface area contributed by atoms with Gasteiger partial charge in [-0.3, -0.25) is 0 Å². The van der Waals surface area contributed by atoms with Gasteiger partial charge < -0.3 is 4.74 Å². The number of hydrogen-bond acceptors (Lipinski definition) is 4. The quantitative estimate of drug-likeness (QED) is 0.807. The number of carbonyl (C=O) groups is 1. The van der Waals surface area contributed by atoms with E-state index in [2.05, 4.69) is 10.3 Å². The van der Waals surface area contributed by atoms with Gasteiger partial charge in [-0.25, -0.2) is 18.3 Å². The van der Waals surface area contributed by atoms with Gasteiger partial charge in [0.2, 0.25) is 0 Å². The summed E-state index contributed by atoms with van der Waals surface area (Å²) >= 11 is 0. The second-order valence-electron chi connectivity index (χ2n) is 4.12. The lowest BCUT2D eigenvalue weighted by Crippen LogP contribution is -2.11. The van der Waals surface area contributed by atoms with E-state index < -0.39 is 23.6 Å². The maximum absolute atomic E-state index is 13.7. The van der Waals surface area contributed by atoms with Crippen LogP contribution in [0.25, 0.3) is 0 Å². The summed E-state index contributed by atoms with van der Waals surface area (Å²) in [6, 6.07) is 2.88. The summed E-state index contributed by atoms with van der Waals surface area (Å²) in [4.78, 5) is 11.5. The lowest BCUT2D eigenvalue weighted by atomic mass is 10.1. The number of benzene rings is 1. The van der Waals surface area contributed by atoms with Crippen LogP contribution in [0.3, 0.4) is 0 Å². The van der Waals surface area contributed by atoms with Gasteiger partial charge in [-0.2, -0.15) is 0 Å². The predicted octanol–water partition coefficient (Wildman–Crippen LogP) is 2.34. The average molecular weight is 281 g/mol. The summed E-state index contributed by atoms with van der Waals surface area (Å²) in [7, 11) is 0. The van der Waals surface area contributed by atoms with Crippen LogP contribution in [0.5, 0.6) is 0 Å². The Morgan fingerprint density at radius 2 is 2.05 bits per heavy atom. The minimum atomic E-state index is -0.730. The van der Waals surface area contributed by atoms with Crippen molar-refractivity contribution >= 4 is 5.97 Å². The molecule has 0 bridgehead atoms. The molecule has 20 heavy (non-hydrogen) atoms. The minimum absolute atomic E-state index is 0.00422. The van der Waals surface area contributed by atoms with Crippen LogP contribution in [0.1, 0.15) is 35.9 Å². The first kappa shape index (κ1) is 14.1. The van der Waals surface area contributed by atoms with Gasteiger partial charge in [0.25, 0.3) is 0 Å². The zero-order valence-corrected chi connectivity index (χ0v) is 11.0. The Labute approximate surface area is 114 Å². The molecule has 0 fully saturated rings. The van der Waals surface area contributed by atoms with Crippen molar-refractivity contribution in [1.82, 2.24) is 15.0 Å². The van der Waals surface area contributed by atoms with Gasteiger partial charge in [0.05, 0.1) is 18.8 Å². The Morgan fingerprint density at radius 1 is 1.40 bits per heavy atom. The number of esters is 1. The topological polar surface area (TPSA) is 57.0 Å². The van der Waals surface area contributed by atoms with Crippen molar-refractivity contribution in [2.24, 2.45) is 0 Å². The Bertz CT molecular complexity index is 608. The molecule has 106 valence electrons. The maximum atomic E-state index is 13.7. The molecule has 0 N–H and O–H groups in total. The molecule has 0 amide bonds. The van der Waals surface area contributed by atoms with E-state index in [4.69, 9.17) is 4.74 Å². The van der Waals surface area contributed by atoms with Crippen molar-refractivity contribution in [3.63, 3.8) is 0 Å². The molecule has 5 nitrogen and oxygen atoms in total. The second kappa shape index (κ2) is 5.77. The summed E-state index contributed by atoms with van der Waals surface area (Å²) in [6.45, 7) is 3.44.